The van der Waals surface area contributed by atoms with Gasteiger partial charge in [0.1, 0.15) is 6.33 Å². The van der Waals surface area contributed by atoms with Gasteiger partial charge in [-0.2, -0.15) is 5.10 Å². The Kier molecular flexibility index (Phi) is 2.07. The highest BCUT2D eigenvalue weighted by Crippen LogP contribution is 2.16. The Morgan fingerprint density at radius 2 is 2.12 bits per heavy atom. The maximum atomic E-state index is 5.71. The van der Waals surface area contributed by atoms with Gasteiger partial charge in [-0.15, -0.1) is 0 Å². The van der Waals surface area contributed by atoms with E-state index >= 15 is 0 Å². The molecule has 0 saturated heterocycles. The molecule has 3 rings (SSSR count). The summed E-state index contributed by atoms with van der Waals surface area (Å²) in [7, 11) is 1.85. The van der Waals surface area contributed by atoms with E-state index in [4.69, 9.17) is 5.73 Å². The number of nitrogen functional groups attached to an aromatic ring is 1. The molecule has 0 saturated carbocycles. The van der Waals surface area contributed by atoms with Gasteiger partial charge < -0.3 is 10.3 Å². The first-order chi connectivity index (χ1) is 8.22. The van der Waals surface area contributed by atoms with Crippen LogP contribution in [-0.2, 0) is 13.6 Å². The number of nitrogens with zero attached hydrogens (tertiary/aromatic N) is 5. The molecule has 6 nitrogen and oxygen atoms in total. The lowest BCUT2D eigenvalue weighted by atomic mass is 10.3. The van der Waals surface area contributed by atoms with Crippen LogP contribution < -0.4 is 5.73 Å². The van der Waals surface area contributed by atoms with Crippen molar-refractivity contribution in [3.05, 3.63) is 36.7 Å². The van der Waals surface area contributed by atoms with Crippen LogP contribution in [0.1, 0.15) is 5.82 Å². The van der Waals surface area contributed by atoms with Crippen molar-refractivity contribution >= 4 is 16.7 Å². The Labute approximate surface area is 97.7 Å². The first-order valence-corrected chi connectivity index (χ1v) is 5.27. The van der Waals surface area contributed by atoms with Crippen molar-refractivity contribution in [2.75, 3.05) is 5.73 Å². The summed E-state index contributed by atoms with van der Waals surface area (Å²) in [5.74, 6) is 0.767. The standard InChI is InChI=1S/C11H12N6/c1-16-6-14-11(15-16)5-17-7-13-9-4-8(12)2-3-10(9)17/h2-4,6-7H,5,12H2,1H3. The summed E-state index contributed by atoms with van der Waals surface area (Å²) >= 11 is 0. The highest BCUT2D eigenvalue weighted by Gasteiger charge is 2.05. The van der Waals surface area contributed by atoms with Crippen molar-refractivity contribution in [3.63, 3.8) is 0 Å². The van der Waals surface area contributed by atoms with Crippen molar-refractivity contribution in [1.82, 2.24) is 24.3 Å². The summed E-state index contributed by atoms with van der Waals surface area (Å²) in [6.07, 6.45) is 3.47. The Morgan fingerprint density at radius 3 is 2.88 bits per heavy atom. The molecule has 0 bridgehead atoms. The van der Waals surface area contributed by atoms with Crippen molar-refractivity contribution in [2.45, 2.75) is 6.54 Å². The van der Waals surface area contributed by atoms with Crippen LogP contribution in [0.2, 0.25) is 0 Å². The van der Waals surface area contributed by atoms with Gasteiger partial charge in [0.15, 0.2) is 5.82 Å². The Balaban J connectivity index is 2.00. The summed E-state index contributed by atoms with van der Waals surface area (Å²) in [4.78, 5) is 8.50. The second kappa shape index (κ2) is 3.58. The minimum absolute atomic E-state index is 0.612. The molecule has 3 aromatic rings. The number of imidazole rings is 1. The Hall–Kier alpha value is -2.37. The number of nitrogens with two attached hydrogens (primary N) is 1. The number of hydrogen-bond acceptors (Lipinski definition) is 4. The second-order valence-electron chi connectivity index (χ2n) is 3.96. The average molecular weight is 228 g/mol. The third-order valence-corrected chi connectivity index (χ3v) is 2.60. The van der Waals surface area contributed by atoms with Crippen LogP contribution in [-0.4, -0.2) is 24.3 Å². The van der Waals surface area contributed by atoms with E-state index in [2.05, 4.69) is 15.1 Å². The van der Waals surface area contributed by atoms with Gasteiger partial charge in [0.25, 0.3) is 0 Å². The number of hydrogen-bond donors (Lipinski definition) is 1. The highest BCUT2D eigenvalue weighted by atomic mass is 15.3. The minimum Gasteiger partial charge on any atom is -0.399 e. The minimum atomic E-state index is 0.612. The third kappa shape index (κ3) is 1.73. The zero-order chi connectivity index (χ0) is 11.8. The van der Waals surface area contributed by atoms with Gasteiger partial charge in [0, 0.05) is 12.7 Å². The molecule has 0 fully saturated rings. The van der Waals surface area contributed by atoms with Crippen molar-refractivity contribution < 1.29 is 0 Å². The van der Waals surface area contributed by atoms with Crippen molar-refractivity contribution in [2.24, 2.45) is 7.05 Å². The number of anilines is 1. The fourth-order valence-corrected chi connectivity index (χ4v) is 1.82. The SMILES string of the molecule is Cn1cnc(Cn2cnc3cc(N)ccc32)n1. The largest absolute Gasteiger partial charge is 0.399 e. The normalized spacial score (nSPS) is 11.1. The molecule has 0 aliphatic heterocycles. The van der Waals surface area contributed by atoms with Gasteiger partial charge in [-0.25, -0.2) is 9.97 Å². The predicted octanol–water partition coefficient (Wildman–Crippen LogP) is 0.795. The van der Waals surface area contributed by atoms with Gasteiger partial charge >= 0.3 is 0 Å². The molecule has 0 unspecified atom stereocenters. The number of aryl methyl sites for hydroxylation is 1. The van der Waals surface area contributed by atoms with E-state index in [1.807, 2.05) is 29.8 Å². The van der Waals surface area contributed by atoms with Gasteiger partial charge in [0.2, 0.25) is 0 Å². The van der Waals surface area contributed by atoms with Gasteiger partial charge in [-0.1, -0.05) is 0 Å². The molecule has 86 valence electrons. The molecule has 6 heteroatoms. The van der Waals surface area contributed by atoms with E-state index in [-0.39, 0.29) is 0 Å². The van der Waals surface area contributed by atoms with E-state index < -0.39 is 0 Å². The summed E-state index contributed by atoms with van der Waals surface area (Å²) in [6, 6.07) is 5.69. The van der Waals surface area contributed by atoms with Gasteiger partial charge in [0.05, 0.1) is 23.9 Å². The zero-order valence-corrected chi connectivity index (χ0v) is 9.41. The molecule has 0 atom stereocenters. The van der Waals surface area contributed by atoms with Crippen LogP contribution in [0.25, 0.3) is 11.0 Å². The second-order valence-corrected chi connectivity index (χ2v) is 3.96. The van der Waals surface area contributed by atoms with Crippen LogP contribution in [0.15, 0.2) is 30.9 Å². The molecule has 0 amide bonds. The maximum absolute atomic E-state index is 5.71. The topological polar surface area (TPSA) is 74.5 Å². The van der Waals surface area contributed by atoms with Crippen molar-refractivity contribution in [3.8, 4) is 0 Å². The summed E-state index contributed by atoms with van der Waals surface area (Å²) in [5.41, 5.74) is 8.36. The first kappa shape index (κ1) is 9.83. The Bertz CT molecular complexity index is 665. The number of benzene rings is 1. The van der Waals surface area contributed by atoms with Crippen LogP contribution in [0.5, 0.6) is 0 Å². The maximum Gasteiger partial charge on any atom is 0.170 e. The van der Waals surface area contributed by atoms with Crippen molar-refractivity contribution in [1.29, 1.82) is 0 Å². The zero-order valence-electron chi connectivity index (χ0n) is 9.41. The Morgan fingerprint density at radius 1 is 1.24 bits per heavy atom. The quantitative estimate of drug-likeness (QED) is 0.658. The van der Waals surface area contributed by atoms with E-state index in [1.54, 1.807) is 17.3 Å². The monoisotopic (exact) mass is 228 g/mol. The van der Waals surface area contributed by atoms with Gasteiger partial charge in [-0.3, -0.25) is 4.68 Å². The molecular weight excluding hydrogens is 216 g/mol. The average Bonchev–Trinajstić information content (AvgIpc) is 2.86. The smallest absolute Gasteiger partial charge is 0.170 e. The number of fused-ring (bicyclic) bond motifs is 1. The molecule has 17 heavy (non-hydrogen) atoms. The highest BCUT2D eigenvalue weighted by molar-refractivity contribution is 5.78. The van der Waals surface area contributed by atoms with Crippen LogP contribution >= 0.6 is 0 Å². The fourth-order valence-electron chi connectivity index (χ4n) is 1.82. The molecule has 2 heterocycles. The lowest BCUT2D eigenvalue weighted by Crippen LogP contribution is -2.01. The molecule has 2 N–H and O–H groups in total. The van der Waals surface area contributed by atoms with E-state index in [1.165, 1.54) is 0 Å². The van der Waals surface area contributed by atoms with Crippen LogP contribution in [0.4, 0.5) is 5.69 Å². The fraction of sp³-hybridized carbons (Fsp3) is 0.182. The molecule has 0 radical (unpaired) electrons. The molecule has 0 aliphatic rings. The molecule has 1 aromatic carbocycles. The lowest BCUT2D eigenvalue weighted by Gasteiger charge is -2.00. The van der Waals surface area contributed by atoms with Gasteiger partial charge in [-0.05, 0) is 18.2 Å². The lowest BCUT2D eigenvalue weighted by molar-refractivity contribution is 0.711. The summed E-state index contributed by atoms with van der Waals surface area (Å²) in [5, 5.41) is 4.24. The number of aromatic nitrogens is 5. The molecule has 2 aromatic heterocycles. The first-order valence-electron chi connectivity index (χ1n) is 5.27. The summed E-state index contributed by atoms with van der Waals surface area (Å²) < 4.78 is 3.69. The van der Waals surface area contributed by atoms with Crippen LogP contribution in [0.3, 0.4) is 0 Å². The third-order valence-electron chi connectivity index (χ3n) is 2.60. The molecular formula is C11H12N6. The van der Waals surface area contributed by atoms with E-state index in [0.717, 1.165) is 22.5 Å². The molecule has 0 aliphatic carbocycles. The predicted molar refractivity (Wildman–Crippen MR) is 64.3 cm³/mol. The molecule has 0 spiro atoms. The van der Waals surface area contributed by atoms with E-state index in [9.17, 15) is 0 Å². The summed E-state index contributed by atoms with van der Waals surface area (Å²) in [6.45, 7) is 0.612. The number of rotatable bonds is 2. The van der Waals surface area contributed by atoms with Crippen LogP contribution in [0, 0.1) is 0 Å². The van der Waals surface area contributed by atoms with E-state index in [0.29, 0.717) is 6.54 Å².